The van der Waals surface area contributed by atoms with E-state index in [0.717, 1.165) is 12.1 Å². The minimum atomic E-state index is -1.69. The highest BCUT2D eigenvalue weighted by Gasteiger charge is 2.22. The number of benzene rings is 1. The highest BCUT2D eigenvalue weighted by atomic mass is 19.1. The summed E-state index contributed by atoms with van der Waals surface area (Å²) in [5.41, 5.74) is -1.11. The Labute approximate surface area is 107 Å². The Morgan fingerprint density at radius 1 is 1.16 bits per heavy atom. The number of aromatic carboxylic acids is 1. The van der Waals surface area contributed by atoms with Crippen molar-refractivity contribution in [2.24, 2.45) is 5.92 Å². The minimum Gasteiger partial charge on any atom is -0.477 e. The zero-order valence-corrected chi connectivity index (χ0v) is 9.82. The van der Waals surface area contributed by atoms with E-state index in [1.807, 2.05) is 12.2 Å². The molecule has 0 spiro atoms. The van der Waals surface area contributed by atoms with E-state index >= 15 is 0 Å². The van der Waals surface area contributed by atoms with Crippen LogP contribution in [0.1, 0.15) is 23.2 Å². The van der Waals surface area contributed by atoms with Crippen molar-refractivity contribution in [3.05, 3.63) is 41.5 Å². The van der Waals surface area contributed by atoms with E-state index in [-0.39, 0.29) is 17.5 Å². The highest BCUT2D eigenvalue weighted by molar-refractivity contribution is 5.94. The molecular weight excluding hydrogens is 256 g/mol. The fraction of sp³-hybridized carbons (Fsp3) is 0.231. The second kappa shape index (κ2) is 5.17. The van der Waals surface area contributed by atoms with Gasteiger partial charge in [-0.3, -0.25) is 4.79 Å². The summed E-state index contributed by atoms with van der Waals surface area (Å²) >= 11 is 0. The summed E-state index contributed by atoms with van der Waals surface area (Å²) in [5, 5.41) is 11.0. The second-order valence-corrected chi connectivity index (χ2v) is 4.25. The molecule has 2 N–H and O–H groups in total. The Morgan fingerprint density at radius 3 is 2.16 bits per heavy atom. The maximum Gasteiger partial charge on any atom is 0.341 e. The van der Waals surface area contributed by atoms with Gasteiger partial charge >= 0.3 is 5.97 Å². The summed E-state index contributed by atoms with van der Waals surface area (Å²) < 4.78 is 26.8. The molecule has 1 aromatic rings. The van der Waals surface area contributed by atoms with Gasteiger partial charge in [0.2, 0.25) is 5.91 Å². The first-order valence-electron chi connectivity index (χ1n) is 5.67. The van der Waals surface area contributed by atoms with E-state index in [9.17, 15) is 18.4 Å². The standard InChI is InChI=1S/C13H11F2NO3/c14-9-5-8(6-10(15)11(9)13(18)19)16-12(17)7-3-1-2-4-7/h1-2,5-7H,3-4H2,(H,16,17)(H,18,19). The van der Waals surface area contributed by atoms with Crippen LogP contribution in [0, 0.1) is 17.6 Å². The summed E-state index contributed by atoms with van der Waals surface area (Å²) in [4.78, 5) is 22.4. The van der Waals surface area contributed by atoms with E-state index in [0.29, 0.717) is 12.8 Å². The summed E-state index contributed by atoms with van der Waals surface area (Å²) in [7, 11) is 0. The van der Waals surface area contributed by atoms with Crippen molar-refractivity contribution in [2.45, 2.75) is 12.8 Å². The number of rotatable bonds is 3. The second-order valence-electron chi connectivity index (χ2n) is 4.25. The molecule has 0 bridgehead atoms. The van der Waals surface area contributed by atoms with Gasteiger partial charge in [0.1, 0.15) is 17.2 Å². The lowest BCUT2D eigenvalue weighted by Crippen LogP contribution is -2.21. The number of carbonyl (C=O) groups is 2. The fourth-order valence-corrected chi connectivity index (χ4v) is 1.93. The van der Waals surface area contributed by atoms with Crippen LogP contribution in [0.3, 0.4) is 0 Å². The van der Waals surface area contributed by atoms with Crippen LogP contribution >= 0.6 is 0 Å². The van der Waals surface area contributed by atoms with Crippen LogP contribution in [0.2, 0.25) is 0 Å². The predicted molar refractivity (Wildman–Crippen MR) is 63.8 cm³/mol. The van der Waals surface area contributed by atoms with Crippen molar-refractivity contribution >= 4 is 17.6 Å². The van der Waals surface area contributed by atoms with Gasteiger partial charge in [0.05, 0.1) is 0 Å². The first-order chi connectivity index (χ1) is 8.99. The lowest BCUT2D eigenvalue weighted by molar-refractivity contribution is -0.119. The number of hydrogen-bond acceptors (Lipinski definition) is 2. The number of hydrogen-bond donors (Lipinski definition) is 2. The molecule has 1 aliphatic carbocycles. The number of carboxylic acid groups (broad SMARTS) is 1. The quantitative estimate of drug-likeness (QED) is 0.827. The van der Waals surface area contributed by atoms with Gasteiger partial charge in [0, 0.05) is 11.6 Å². The largest absolute Gasteiger partial charge is 0.477 e. The van der Waals surface area contributed by atoms with E-state index in [4.69, 9.17) is 5.11 Å². The first kappa shape index (κ1) is 13.2. The van der Waals surface area contributed by atoms with Gasteiger partial charge in [0.15, 0.2) is 0 Å². The smallest absolute Gasteiger partial charge is 0.341 e. The summed E-state index contributed by atoms with van der Waals surface area (Å²) in [5.74, 6) is -4.70. The number of nitrogens with one attached hydrogen (secondary N) is 1. The summed E-state index contributed by atoms with van der Waals surface area (Å²) in [6.07, 6.45) is 4.89. The van der Waals surface area contributed by atoms with Crippen LogP contribution in [-0.4, -0.2) is 17.0 Å². The molecule has 0 saturated carbocycles. The SMILES string of the molecule is O=C(O)c1c(F)cc(NC(=O)C2CC=CC2)cc1F. The molecule has 0 heterocycles. The van der Waals surface area contributed by atoms with Gasteiger partial charge in [-0.2, -0.15) is 0 Å². The maximum atomic E-state index is 13.4. The van der Waals surface area contributed by atoms with Crippen LogP contribution in [-0.2, 0) is 4.79 Å². The molecule has 2 rings (SSSR count). The number of amides is 1. The van der Waals surface area contributed by atoms with Crippen LogP contribution < -0.4 is 5.32 Å². The number of carboxylic acids is 1. The zero-order valence-electron chi connectivity index (χ0n) is 9.82. The Morgan fingerprint density at radius 2 is 1.68 bits per heavy atom. The van der Waals surface area contributed by atoms with Crippen molar-refractivity contribution < 1.29 is 23.5 Å². The van der Waals surface area contributed by atoms with Gasteiger partial charge in [-0.1, -0.05) is 12.2 Å². The molecule has 0 aromatic heterocycles. The molecule has 6 heteroatoms. The van der Waals surface area contributed by atoms with Crippen molar-refractivity contribution in [1.29, 1.82) is 0 Å². The Hall–Kier alpha value is -2.24. The third-order valence-electron chi connectivity index (χ3n) is 2.90. The number of halogens is 2. The Kier molecular flexibility index (Phi) is 3.59. The third kappa shape index (κ3) is 2.78. The molecule has 1 aliphatic rings. The van der Waals surface area contributed by atoms with Gasteiger partial charge in [-0.05, 0) is 25.0 Å². The number of allylic oxidation sites excluding steroid dienone is 2. The van der Waals surface area contributed by atoms with E-state index in [1.165, 1.54) is 0 Å². The lowest BCUT2D eigenvalue weighted by atomic mass is 10.1. The van der Waals surface area contributed by atoms with Crippen LogP contribution in [0.4, 0.5) is 14.5 Å². The monoisotopic (exact) mass is 267 g/mol. The normalized spacial score (nSPS) is 14.6. The maximum absolute atomic E-state index is 13.4. The van der Waals surface area contributed by atoms with E-state index in [1.54, 1.807) is 0 Å². The van der Waals surface area contributed by atoms with Crippen molar-refractivity contribution in [3.8, 4) is 0 Å². The molecule has 1 aromatic carbocycles. The van der Waals surface area contributed by atoms with Crippen LogP contribution in [0.15, 0.2) is 24.3 Å². The van der Waals surface area contributed by atoms with Gasteiger partial charge in [-0.25, -0.2) is 13.6 Å². The molecule has 4 nitrogen and oxygen atoms in total. The van der Waals surface area contributed by atoms with Crippen molar-refractivity contribution in [2.75, 3.05) is 5.32 Å². The van der Waals surface area contributed by atoms with Crippen LogP contribution in [0.25, 0.3) is 0 Å². The van der Waals surface area contributed by atoms with E-state index in [2.05, 4.69) is 5.32 Å². The zero-order chi connectivity index (χ0) is 14.0. The van der Waals surface area contributed by atoms with Gasteiger partial charge in [-0.15, -0.1) is 0 Å². The molecule has 1 amide bonds. The van der Waals surface area contributed by atoms with Crippen molar-refractivity contribution in [1.82, 2.24) is 0 Å². The average molecular weight is 267 g/mol. The number of anilines is 1. The van der Waals surface area contributed by atoms with Crippen LogP contribution in [0.5, 0.6) is 0 Å². The fourth-order valence-electron chi connectivity index (χ4n) is 1.93. The number of carbonyl (C=O) groups excluding carboxylic acids is 1. The lowest BCUT2D eigenvalue weighted by Gasteiger charge is -2.11. The predicted octanol–water partition coefficient (Wildman–Crippen LogP) is 2.57. The Bertz CT molecular complexity index is 538. The van der Waals surface area contributed by atoms with E-state index < -0.39 is 23.2 Å². The Balaban J connectivity index is 2.18. The van der Waals surface area contributed by atoms with Gasteiger partial charge < -0.3 is 10.4 Å². The summed E-state index contributed by atoms with van der Waals surface area (Å²) in [6.45, 7) is 0. The molecule has 0 fully saturated rings. The molecule has 100 valence electrons. The minimum absolute atomic E-state index is 0.0862. The molecule has 0 aliphatic heterocycles. The van der Waals surface area contributed by atoms with Gasteiger partial charge in [0.25, 0.3) is 0 Å². The average Bonchev–Trinajstić information content (AvgIpc) is 2.80. The van der Waals surface area contributed by atoms with Crippen molar-refractivity contribution in [3.63, 3.8) is 0 Å². The molecule has 0 atom stereocenters. The first-order valence-corrected chi connectivity index (χ1v) is 5.67. The molecule has 0 radical (unpaired) electrons. The molecule has 0 saturated heterocycles. The molecular formula is C13H11F2NO3. The third-order valence-corrected chi connectivity index (χ3v) is 2.90. The molecule has 19 heavy (non-hydrogen) atoms. The summed E-state index contributed by atoms with van der Waals surface area (Å²) in [6, 6.07) is 1.60. The highest BCUT2D eigenvalue weighted by Crippen LogP contribution is 2.22. The molecule has 0 unspecified atom stereocenters. The topological polar surface area (TPSA) is 66.4 Å².